The van der Waals surface area contributed by atoms with Gasteiger partial charge in [0, 0.05) is 6.07 Å². The number of rotatable bonds is 3. The zero-order chi connectivity index (χ0) is 13.1. The van der Waals surface area contributed by atoms with Crippen molar-refractivity contribution >= 4 is 0 Å². The lowest BCUT2D eigenvalue weighted by atomic mass is 10.2. The van der Waals surface area contributed by atoms with Crippen LogP contribution in [0.15, 0.2) is 18.2 Å². The van der Waals surface area contributed by atoms with E-state index in [4.69, 9.17) is 10.00 Å². The first kappa shape index (κ1) is 13.2. The Morgan fingerprint density at radius 3 is 2.41 bits per heavy atom. The van der Waals surface area contributed by atoms with Crippen LogP contribution in [0.2, 0.25) is 0 Å². The molecule has 0 aliphatic rings. The molecule has 0 fully saturated rings. The van der Waals surface area contributed by atoms with Crippen molar-refractivity contribution in [3.05, 3.63) is 23.8 Å². The molecular formula is C11H10F3NO2. The van der Waals surface area contributed by atoms with Crippen LogP contribution in [-0.4, -0.2) is 12.5 Å². The molecule has 0 bridgehead atoms. The van der Waals surface area contributed by atoms with E-state index in [0.717, 1.165) is 6.07 Å². The van der Waals surface area contributed by atoms with Gasteiger partial charge in [0.25, 0.3) is 0 Å². The number of nitrogens with zero attached hydrogens (tertiary/aromatic N) is 1. The Hall–Kier alpha value is -1.90. The average molecular weight is 245 g/mol. The zero-order valence-corrected chi connectivity index (χ0v) is 9.21. The van der Waals surface area contributed by atoms with Crippen LogP contribution in [0.5, 0.6) is 11.5 Å². The number of benzene rings is 1. The first-order chi connectivity index (χ1) is 7.81. The van der Waals surface area contributed by atoms with E-state index in [-0.39, 0.29) is 17.4 Å². The molecule has 1 aromatic carbocycles. The standard InChI is InChI=1S/C11H10F3NO2/c1-7(2)16-9-4-3-8(6-15)10(5-9)17-11(12,13)14/h3-5,7H,1-2H3. The highest BCUT2D eigenvalue weighted by Gasteiger charge is 2.32. The van der Waals surface area contributed by atoms with Crippen molar-refractivity contribution < 1.29 is 22.6 Å². The van der Waals surface area contributed by atoms with E-state index >= 15 is 0 Å². The molecular weight excluding hydrogens is 235 g/mol. The Balaban J connectivity index is 3.03. The summed E-state index contributed by atoms with van der Waals surface area (Å²) in [6.07, 6.45) is -5.01. The highest BCUT2D eigenvalue weighted by Crippen LogP contribution is 2.30. The summed E-state index contributed by atoms with van der Waals surface area (Å²) < 4.78 is 45.2. The number of nitriles is 1. The van der Waals surface area contributed by atoms with Crippen LogP contribution in [0, 0.1) is 11.3 Å². The molecule has 92 valence electrons. The maximum absolute atomic E-state index is 12.1. The predicted molar refractivity (Wildman–Crippen MR) is 53.6 cm³/mol. The lowest BCUT2D eigenvalue weighted by Crippen LogP contribution is -2.18. The number of ether oxygens (including phenoxy) is 2. The number of halogens is 3. The molecule has 0 unspecified atom stereocenters. The number of hydrogen-bond donors (Lipinski definition) is 0. The monoisotopic (exact) mass is 245 g/mol. The number of alkyl halides is 3. The van der Waals surface area contributed by atoms with Crippen LogP contribution in [-0.2, 0) is 0 Å². The second kappa shape index (κ2) is 4.95. The SMILES string of the molecule is CC(C)Oc1ccc(C#N)c(OC(F)(F)F)c1. The van der Waals surface area contributed by atoms with Gasteiger partial charge in [0.15, 0.2) is 5.75 Å². The van der Waals surface area contributed by atoms with Gasteiger partial charge in [-0.1, -0.05) is 0 Å². The van der Waals surface area contributed by atoms with E-state index in [2.05, 4.69) is 4.74 Å². The van der Waals surface area contributed by atoms with Gasteiger partial charge in [-0.25, -0.2) is 0 Å². The molecule has 0 amide bonds. The predicted octanol–water partition coefficient (Wildman–Crippen LogP) is 3.24. The maximum atomic E-state index is 12.1. The smallest absolute Gasteiger partial charge is 0.491 e. The van der Waals surface area contributed by atoms with Gasteiger partial charge >= 0.3 is 6.36 Å². The van der Waals surface area contributed by atoms with E-state index in [9.17, 15) is 13.2 Å². The molecule has 0 spiro atoms. The average Bonchev–Trinajstić information content (AvgIpc) is 2.14. The first-order valence-electron chi connectivity index (χ1n) is 4.78. The summed E-state index contributed by atoms with van der Waals surface area (Å²) >= 11 is 0. The molecule has 0 saturated heterocycles. The van der Waals surface area contributed by atoms with Gasteiger partial charge in [-0.05, 0) is 26.0 Å². The molecule has 0 atom stereocenters. The molecule has 17 heavy (non-hydrogen) atoms. The molecule has 0 saturated carbocycles. The van der Waals surface area contributed by atoms with Crippen molar-refractivity contribution in [1.82, 2.24) is 0 Å². The maximum Gasteiger partial charge on any atom is 0.573 e. The van der Waals surface area contributed by atoms with Crippen molar-refractivity contribution in [1.29, 1.82) is 5.26 Å². The van der Waals surface area contributed by atoms with Crippen LogP contribution in [0.4, 0.5) is 13.2 Å². The van der Waals surface area contributed by atoms with Crippen molar-refractivity contribution in [2.24, 2.45) is 0 Å². The third kappa shape index (κ3) is 4.23. The highest BCUT2D eigenvalue weighted by molar-refractivity contribution is 5.47. The topological polar surface area (TPSA) is 42.2 Å². The molecule has 0 aromatic heterocycles. The highest BCUT2D eigenvalue weighted by atomic mass is 19.4. The molecule has 0 heterocycles. The van der Waals surface area contributed by atoms with Crippen LogP contribution >= 0.6 is 0 Å². The van der Waals surface area contributed by atoms with E-state index in [1.807, 2.05) is 0 Å². The van der Waals surface area contributed by atoms with Gasteiger partial charge in [-0.3, -0.25) is 0 Å². The molecule has 0 radical (unpaired) electrons. The van der Waals surface area contributed by atoms with Gasteiger partial charge in [0.2, 0.25) is 0 Å². The second-order valence-electron chi connectivity index (χ2n) is 3.48. The minimum Gasteiger partial charge on any atom is -0.491 e. The second-order valence-corrected chi connectivity index (χ2v) is 3.48. The number of hydrogen-bond acceptors (Lipinski definition) is 3. The van der Waals surface area contributed by atoms with Gasteiger partial charge in [0.1, 0.15) is 11.8 Å². The minimum atomic E-state index is -4.83. The summed E-state index contributed by atoms with van der Waals surface area (Å²) in [4.78, 5) is 0. The molecule has 6 heteroatoms. The normalized spacial score (nSPS) is 11.1. The third-order valence-corrected chi connectivity index (χ3v) is 1.67. The summed E-state index contributed by atoms with van der Waals surface area (Å²) in [7, 11) is 0. The fraction of sp³-hybridized carbons (Fsp3) is 0.364. The van der Waals surface area contributed by atoms with E-state index in [1.165, 1.54) is 12.1 Å². The fourth-order valence-corrected chi connectivity index (χ4v) is 1.15. The van der Waals surface area contributed by atoms with Crippen molar-refractivity contribution in [3.8, 4) is 17.6 Å². The van der Waals surface area contributed by atoms with Crippen molar-refractivity contribution in [2.75, 3.05) is 0 Å². The van der Waals surface area contributed by atoms with Crippen LogP contribution in [0.3, 0.4) is 0 Å². The Morgan fingerprint density at radius 1 is 1.29 bits per heavy atom. The Labute approximate surface area is 96.4 Å². The van der Waals surface area contributed by atoms with Crippen LogP contribution in [0.25, 0.3) is 0 Å². The van der Waals surface area contributed by atoms with Gasteiger partial charge in [-0.15, -0.1) is 13.2 Å². The quantitative estimate of drug-likeness (QED) is 0.820. The third-order valence-electron chi connectivity index (χ3n) is 1.67. The lowest BCUT2D eigenvalue weighted by molar-refractivity contribution is -0.274. The summed E-state index contributed by atoms with van der Waals surface area (Å²) in [5.41, 5.74) is -0.196. The molecule has 3 nitrogen and oxygen atoms in total. The fourth-order valence-electron chi connectivity index (χ4n) is 1.15. The lowest BCUT2D eigenvalue weighted by Gasteiger charge is -2.13. The summed E-state index contributed by atoms with van der Waals surface area (Å²) in [5.74, 6) is -0.337. The van der Waals surface area contributed by atoms with Crippen LogP contribution in [0.1, 0.15) is 19.4 Å². The minimum absolute atomic E-state index is 0.179. The summed E-state index contributed by atoms with van der Waals surface area (Å²) in [6.45, 7) is 3.48. The van der Waals surface area contributed by atoms with Crippen LogP contribution < -0.4 is 9.47 Å². The molecule has 0 aliphatic heterocycles. The Bertz CT molecular complexity index is 435. The zero-order valence-electron chi connectivity index (χ0n) is 9.21. The first-order valence-corrected chi connectivity index (χ1v) is 4.78. The summed E-state index contributed by atoms with van der Waals surface area (Å²) in [5, 5.41) is 8.65. The van der Waals surface area contributed by atoms with E-state index in [1.54, 1.807) is 19.9 Å². The van der Waals surface area contributed by atoms with E-state index in [0.29, 0.717) is 0 Å². The van der Waals surface area contributed by atoms with Crippen molar-refractivity contribution in [2.45, 2.75) is 26.3 Å². The molecule has 1 aromatic rings. The van der Waals surface area contributed by atoms with Gasteiger partial charge in [-0.2, -0.15) is 5.26 Å². The Kier molecular flexibility index (Phi) is 3.84. The van der Waals surface area contributed by atoms with Crippen molar-refractivity contribution in [3.63, 3.8) is 0 Å². The van der Waals surface area contributed by atoms with E-state index < -0.39 is 12.1 Å². The molecule has 0 aliphatic carbocycles. The summed E-state index contributed by atoms with van der Waals surface area (Å²) in [6, 6.07) is 5.31. The molecule has 1 rings (SSSR count). The largest absolute Gasteiger partial charge is 0.573 e. The molecule has 0 N–H and O–H groups in total. The van der Waals surface area contributed by atoms with Gasteiger partial charge in [0.05, 0.1) is 11.7 Å². The van der Waals surface area contributed by atoms with Gasteiger partial charge < -0.3 is 9.47 Å². The Morgan fingerprint density at radius 2 is 1.94 bits per heavy atom.